The maximum atomic E-state index is 13.0. The fraction of sp³-hybridized carbons (Fsp3) is 0.333. The van der Waals surface area contributed by atoms with Gasteiger partial charge in [0.1, 0.15) is 0 Å². The molecular weight excluding hydrogens is 326 g/mol. The Morgan fingerprint density at radius 3 is 2.31 bits per heavy atom. The number of nitrogens with zero attached hydrogens (tertiary/aromatic N) is 2. The molecule has 0 aliphatic carbocycles. The van der Waals surface area contributed by atoms with Gasteiger partial charge in [-0.1, -0.05) is 48.5 Å². The molecule has 26 heavy (non-hydrogen) atoms. The van der Waals surface area contributed by atoms with Crippen molar-refractivity contribution in [2.75, 3.05) is 11.4 Å². The zero-order chi connectivity index (χ0) is 18.5. The summed E-state index contributed by atoms with van der Waals surface area (Å²) in [4.78, 5) is 28.6. The van der Waals surface area contributed by atoms with Crippen LogP contribution in [0.15, 0.2) is 60.7 Å². The molecule has 3 amide bonds. The van der Waals surface area contributed by atoms with Gasteiger partial charge in [-0.3, -0.25) is 9.69 Å². The Labute approximate surface area is 154 Å². The van der Waals surface area contributed by atoms with E-state index in [4.69, 9.17) is 0 Å². The first-order chi connectivity index (χ1) is 12.5. The fourth-order valence-corrected chi connectivity index (χ4v) is 3.23. The lowest BCUT2D eigenvalue weighted by molar-refractivity contribution is -0.129. The van der Waals surface area contributed by atoms with Crippen LogP contribution in [-0.4, -0.2) is 35.5 Å². The standard InChI is InChI=1S/C21H25N3O2/c1-16(2)23-15-18(13-20(23)25)22-21(26)24(19-11-7-4-8-12-19)14-17-9-5-3-6-10-17/h3-12,16,18H,13-15H2,1-2H3,(H,22,26). The summed E-state index contributed by atoms with van der Waals surface area (Å²) >= 11 is 0. The molecule has 0 radical (unpaired) electrons. The van der Waals surface area contributed by atoms with Crippen LogP contribution in [0.3, 0.4) is 0 Å². The topological polar surface area (TPSA) is 52.7 Å². The monoisotopic (exact) mass is 351 g/mol. The summed E-state index contributed by atoms with van der Waals surface area (Å²) in [7, 11) is 0. The molecule has 0 spiro atoms. The highest BCUT2D eigenvalue weighted by molar-refractivity contribution is 5.93. The van der Waals surface area contributed by atoms with Crippen molar-refractivity contribution < 1.29 is 9.59 Å². The molecule has 1 saturated heterocycles. The number of carbonyl (C=O) groups excluding carboxylic acids is 2. The number of nitrogens with one attached hydrogen (secondary N) is 1. The number of carbonyl (C=O) groups is 2. The number of benzene rings is 2. The van der Waals surface area contributed by atoms with Crippen LogP contribution in [0.5, 0.6) is 0 Å². The summed E-state index contributed by atoms with van der Waals surface area (Å²) in [6.07, 6.45) is 0.359. The third kappa shape index (κ3) is 4.23. The summed E-state index contributed by atoms with van der Waals surface area (Å²) in [5.41, 5.74) is 1.89. The van der Waals surface area contributed by atoms with Crippen LogP contribution in [0.2, 0.25) is 0 Å². The Kier molecular flexibility index (Phi) is 5.56. The van der Waals surface area contributed by atoms with Crippen molar-refractivity contribution in [2.24, 2.45) is 0 Å². The molecular formula is C21H25N3O2. The predicted octanol–water partition coefficient (Wildman–Crippen LogP) is 3.41. The molecule has 1 atom stereocenters. The van der Waals surface area contributed by atoms with E-state index >= 15 is 0 Å². The molecule has 136 valence electrons. The van der Waals surface area contributed by atoms with Crippen LogP contribution in [0.25, 0.3) is 0 Å². The van der Waals surface area contributed by atoms with E-state index in [0.29, 0.717) is 19.5 Å². The Morgan fingerprint density at radius 1 is 1.12 bits per heavy atom. The Morgan fingerprint density at radius 2 is 1.73 bits per heavy atom. The molecule has 0 bridgehead atoms. The van der Waals surface area contributed by atoms with Gasteiger partial charge in [-0.15, -0.1) is 0 Å². The lowest BCUT2D eigenvalue weighted by atomic mass is 10.2. The van der Waals surface area contributed by atoms with E-state index in [0.717, 1.165) is 11.3 Å². The van der Waals surface area contributed by atoms with Crippen molar-refractivity contribution in [3.8, 4) is 0 Å². The van der Waals surface area contributed by atoms with Gasteiger partial charge >= 0.3 is 6.03 Å². The number of hydrogen-bond donors (Lipinski definition) is 1. The van der Waals surface area contributed by atoms with Crippen LogP contribution in [0.1, 0.15) is 25.8 Å². The zero-order valence-corrected chi connectivity index (χ0v) is 15.3. The summed E-state index contributed by atoms with van der Waals surface area (Å²) in [5, 5.41) is 3.04. The van der Waals surface area contributed by atoms with Crippen molar-refractivity contribution in [3.05, 3.63) is 66.2 Å². The zero-order valence-electron chi connectivity index (χ0n) is 15.3. The van der Waals surface area contributed by atoms with E-state index < -0.39 is 0 Å². The van der Waals surface area contributed by atoms with Crippen molar-refractivity contribution in [3.63, 3.8) is 0 Å². The second-order valence-electron chi connectivity index (χ2n) is 6.90. The molecule has 1 aliphatic rings. The second kappa shape index (κ2) is 8.04. The molecule has 5 heteroatoms. The van der Waals surface area contributed by atoms with E-state index in [1.165, 1.54) is 0 Å². The molecule has 1 unspecified atom stereocenters. The van der Waals surface area contributed by atoms with Gasteiger partial charge in [0.25, 0.3) is 0 Å². The molecule has 5 nitrogen and oxygen atoms in total. The molecule has 2 aromatic rings. The van der Waals surface area contributed by atoms with E-state index in [9.17, 15) is 9.59 Å². The summed E-state index contributed by atoms with van der Waals surface area (Å²) in [6.45, 7) is 5.03. The minimum atomic E-state index is -0.177. The lowest BCUT2D eigenvalue weighted by Crippen LogP contribution is -2.46. The third-order valence-electron chi connectivity index (χ3n) is 4.61. The Bertz CT molecular complexity index is 746. The maximum absolute atomic E-state index is 13.0. The Balaban J connectivity index is 1.74. The molecule has 1 fully saturated rings. The lowest BCUT2D eigenvalue weighted by Gasteiger charge is -2.26. The number of para-hydroxylation sites is 1. The third-order valence-corrected chi connectivity index (χ3v) is 4.61. The second-order valence-corrected chi connectivity index (χ2v) is 6.90. The van der Waals surface area contributed by atoms with Crippen molar-refractivity contribution >= 4 is 17.6 Å². The number of anilines is 1. The largest absolute Gasteiger partial charge is 0.338 e. The van der Waals surface area contributed by atoms with Crippen molar-refractivity contribution in [2.45, 2.75) is 38.9 Å². The smallest absolute Gasteiger partial charge is 0.322 e. The average molecular weight is 351 g/mol. The van der Waals surface area contributed by atoms with Gasteiger partial charge in [0, 0.05) is 24.7 Å². The SMILES string of the molecule is CC(C)N1CC(NC(=O)N(Cc2ccccc2)c2ccccc2)CC1=O. The van der Waals surface area contributed by atoms with Gasteiger partial charge in [-0.25, -0.2) is 4.79 Å². The number of amides is 3. The number of urea groups is 1. The van der Waals surface area contributed by atoms with Crippen LogP contribution >= 0.6 is 0 Å². The molecule has 3 rings (SSSR count). The number of hydrogen-bond acceptors (Lipinski definition) is 2. The predicted molar refractivity (Wildman–Crippen MR) is 103 cm³/mol. The Hall–Kier alpha value is -2.82. The van der Waals surface area contributed by atoms with Gasteiger partial charge in [-0.05, 0) is 31.5 Å². The van der Waals surface area contributed by atoms with Gasteiger partial charge in [0.05, 0.1) is 12.6 Å². The van der Waals surface area contributed by atoms with Crippen LogP contribution in [0.4, 0.5) is 10.5 Å². The van der Waals surface area contributed by atoms with E-state index in [-0.39, 0.29) is 24.0 Å². The highest BCUT2D eigenvalue weighted by Crippen LogP contribution is 2.19. The number of likely N-dealkylation sites (tertiary alicyclic amines) is 1. The molecule has 0 aromatic heterocycles. The molecule has 1 heterocycles. The fourth-order valence-electron chi connectivity index (χ4n) is 3.23. The van der Waals surface area contributed by atoms with Gasteiger partial charge in [0.15, 0.2) is 0 Å². The van der Waals surface area contributed by atoms with Crippen LogP contribution in [0, 0.1) is 0 Å². The number of rotatable bonds is 5. The summed E-state index contributed by atoms with van der Waals surface area (Å²) in [6, 6.07) is 19.3. The first-order valence-electron chi connectivity index (χ1n) is 9.01. The highest BCUT2D eigenvalue weighted by Gasteiger charge is 2.33. The van der Waals surface area contributed by atoms with Crippen LogP contribution < -0.4 is 10.2 Å². The minimum absolute atomic E-state index is 0.0969. The normalized spacial score (nSPS) is 16.8. The van der Waals surface area contributed by atoms with E-state index in [2.05, 4.69) is 5.32 Å². The van der Waals surface area contributed by atoms with Gasteiger partial charge in [-0.2, -0.15) is 0 Å². The van der Waals surface area contributed by atoms with E-state index in [1.54, 1.807) is 4.90 Å². The quantitative estimate of drug-likeness (QED) is 0.897. The average Bonchev–Trinajstić information content (AvgIpc) is 3.01. The molecule has 1 aliphatic heterocycles. The first-order valence-corrected chi connectivity index (χ1v) is 9.01. The first kappa shape index (κ1) is 18.0. The highest BCUT2D eigenvalue weighted by atomic mass is 16.2. The van der Waals surface area contributed by atoms with Gasteiger partial charge in [0.2, 0.25) is 5.91 Å². The summed E-state index contributed by atoms with van der Waals surface area (Å²) < 4.78 is 0. The molecule has 1 N–H and O–H groups in total. The van der Waals surface area contributed by atoms with Crippen molar-refractivity contribution in [1.82, 2.24) is 10.2 Å². The van der Waals surface area contributed by atoms with Gasteiger partial charge < -0.3 is 10.2 Å². The summed E-state index contributed by atoms with van der Waals surface area (Å²) in [5.74, 6) is 0.0969. The molecule has 0 saturated carbocycles. The van der Waals surface area contributed by atoms with Crippen molar-refractivity contribution in [1.29, 1.82) is 0 Å². The molecule has 2 aromatic carbocycles. The minimum Gasteiger partial charge on any atom is -0.338 e. The maximum Gasteiger partial charge on any atom is 0.322 e. The van der Waals surface area contributed by atoms with E-state index in [1.807, 2.05) is 79.4 Å². The van der Waals surface area contributed by atoms with Crippen LogP contribution in [-0.2, 0) is 11.3 Å².